The van der Waals surface area contributed by atoms with Crippen LogP contribution in [0.2, 0.25) is 0 Å². The molecule has 0 spiro atoms. The second-order valence-corrected chi connectivity index (χ2v) is 7.88. The zero-order valence-corrected chi connectivity index (χ0v) is 13.4. The molecule has 0 aromatic carbocycles. The van der Waals surface area contributed by atoms with E-state index in [1.165, 1.54) is 21.1 Å². The average Bonchev–Trinajstić information content (AvgIpc) is 3.39. The summed E-state index contributed by atoms with van der Waals surface area (Å²) in [5.74, 6) is 1.18. The first-order valence-corrected chi connectivity index (χ1v) is 8.29. The maximum atomic E-state index is 12.4. The van der Waals surface area contributed by atoms with Crippen LogP contribution < -0.4 is 0 Å². The van der Waals surface area contributed by atoms with Crippen LogP contribution in [0.3, 0.4) is 0 Å². The molecule has 0 radical (unpaired) electrons. The second-order valence-electron chi connectivity index (χ2n) is 7.88. The van der Waals surface area contributed by atoms with Crippen molar-refractivity contribution >= 4 is 17.9 Å². The Balaban J connectivity index is 1.52. The number of hydrogen-bond acceptors (Lipinski definition) is 6. The van der Waals surface area contributed by atoms with E-state index < -0.39 is 0 Å². The molecule has 124 valence electrons. The summed E-state index contributed by atoms with van der Waals surface area (Å²) in [5.41, 5.74) is 0.0331. The van der Waals surface area contributed by atoms with Gasteiger partial charge in [-0.05, 0) is 41.4 Å². The number of ether oxygens (including phenoxy) is 3. The number of rotatable bonds is 4. The fourth-order valence-electron chi connectivity index (χ4n) is 7.51. The zero-order valence-electron chi connectivity index (χ0n) is 13.4. The van der Waals surface area contributed by atoms with E-state index in [4.69, 9.17) is 14.2 Å². The van der Waals surface area contributed by atoms with Crippen molar-refractivity contribution in [2.45, 2.75) is 6.92 Å². The van der Waals surface area contributed by atoms with E-state index >= 15 is 0 Å². The van der Waals surface area contributed by atoms with Gasteiger partial charge < -0.3 is 14.2 Å². The van der Waals surface area contributed by atoms with Crippen molar-refractivity contribution in [1.82, 2.24) is 0 Å². The molecule has 0 amide bonds. The van der Waals surface area contributed by atoms with Crippen LogP contribution in [0, 0.1) is 58.7 Å². The van der Waals surface area contributed by atoms with Gasteiger partial charge in [-0.1, -0.05) is 0 Å². The van der Waals surface area contributed by atoms with E-state index in [0.29, 0.717) is 36.2 Å². The summed E-state index contributed by atoms with van der Waals surface area (Å²) < 4.78 is 15.4. The summed E-state index contributed by atoms with van der Waals surface area (Å²) >= 11 is 0. The normalized spacial score (nSPS) is 55.2. The summed E-state index contributed by atoms with van der Waals surface area (Å²) in [7, 11) is 2.77. The van der Waals surface area contributed by atoms with E-state index in [2.05, 4.69) is 0 Å². The molecule has 10 atom stereocenters. The fraction of sp³-hybridized carbons (Fsp3) is 0.824. The van der Waals surface area contributed by atoms with Crippen LogP contribution in [0.4, 0.5) is 0 Å². The van der Waals surface area contributed by atoms with Gasteiger partial charge in [0.2, 0.25) is 0 Å². The SMILES string of the molecule is COC(=O)[C@@H]1[C@H](C(=O)OC)[C@@H]2[C@@H]3C4[C@@H]3[C@@H]1[C@H]1[C@@H]2C41COC(C)=O. The van der Waals surface area contributed by atoms with Gasteiger partial charge in [-0.15, -0.1) is 0 Å². The molecule has 6 saturated carbocycles. The maximum absolute atomic E-state index is 12.4. The molecule has 0 aromatic rings. The third-order valence-electron chi connectivity index (χ3n) is 7.68. The van der Waals surface area contributed by atoms with Crippen molar-refractivity contribution in [3.63, 3.8) is 0 Å². The van der Waals surface area contributed by atoms with Gasteiger partial charge in [-0.3, -0.25) is 14.4 Å². The number of methoxy groups -OCH3 is 2. The predicted octanol–water partition coefficient (Wildman–Crippen LogP) is 0.496. The Morgan fingerprint density at radius 2 is 1.30 bits per heavy atom. The third-order valence-corrected chi connectivity index (χ3v) is 7.68. The van der Waals surface area contributed by atoms with Gasteiger partial charge in [-0.2, -0.15) is 0 Å². The Hall–Kier alpha value is -1.59. The lowest BCUT2D eigenvalue weighted by atomic mass is 9.58. The van der Waals surface area contributed by atoms with Crippen LogP contribution in [0.15, 0.2) is 0 Å². The summed E-state index contributed by atoms with van der Waals surface area (Å²) in [6, 6.07) is 0. The number of fused-ring (bicyclic) bond motifs is 1. The van der Waals surface area contributed by atoms with Crippen LogP contribution >= 0.6 is 0 Å². The standard InChI is InChI=1S/C17H20O6/c1-5(18)23-4-17-12-6-7(12)9-11(16(20)22-3)10(15(19)21-2)8(6)13(17)14(9)17/h6-14H,4H2,1-3H3/t6-,7+,8-,9-,10-,11+,12?,13-,14+,17?/m0/s1. The molecule has 2 bridgehead atoms. The fourth-order valence-corrected chi connectivity index (χ4v) is 7.51. The van der Waals surface area contributed by atoms with Crippen molar-refractivity contribution in [3.8, 4) is 0 Å². The second kappa shape index (κ2) is 3.90. The molecular weight excluding hydrogens is 300 g/mol. The summed E-state index contributed by atoms with van der Waals surface area (Å²) in [4.78, 5) is 36.0. The van der Waals surface area contributed by atoms with Crippen molar-refractivity contribution in [3.05, 3.63) is 0 Å². The van der Waals surface area contributed by atoms with Crippen molar-refractivity contribution in [1.29, 1.82) is 0 Å². The molecule has 23 heavy (non-hydrogen) atoms. The molecule has 0 aromatic heterocycles. The van der Waals surface area contributed by atoms with Crippen molar-refractivity contribution in [2.24, 2.45) is 58.7 Å². The smallest absolute Gasteiger partial charge is 0.309 e. The molecule has 0 N–H and O–H groups in total. The molecule has 6 rings (SSSR count). The highest BCUT2D eigenvalue weighted by atomic mass is 16.5. The number of carbonyl (C=O) groups excluding carboxylic acids is 3. The van der Waals surface area contributed by atoms with Gasteiger partial charge in [-0.25, -0.2) is 0 Å². The summed E-state index contributed by atoms with van der Waals surface area (Å²) in [6.07, 6.45) is 0. The molecule has 0 saturated heterocycles. The quantitative estimate of drug-likeness (QED) is 0.554. The highest BCUT2D eigenvalue weighted by Crippen LogP contribution is 2.98. The number of carbonyl (C=O) groups is 3. The molecule has 6 aliphatic carbocycles. The Morgan fingerprint density at radius 1 is 0.826 bits per heavy atom. The Morgan fingerprint density at radius 3 is 1.70 bits per heavy atom. The van der Waals surface area contributed by atoms with E-state index in [1.807, 2.05) is 0 Å². The number of hydrogen-bond donors (Lipinski definition) is 0. The Kier molecular flexibility index (Phi) is 2.34. The van der Waals surface area contributed by atoms with Gasteiger partial charge >= 0.3 is 17.9 Å². The lowest BCUT2D eigenvalue weighted by Crippen LogP contribution is -2.51. The molecule has 6 heteroatoms. The lowest BCUT2D eigenvalue weighted by molar-refractivity contribution is -0.171. The van der Waals surface area contributed by atoms with Crippen molar-refractivity contribution in [2.75, 3.05) is 20.8 Å². The lowest BCUT2D eigenvalue weighted by Gasteiger charge is -2.44. The summed E-state index contributed by atoms with van der Waals surface area (Å²) in [5, 5.41) is 0. The molecular formula is C17H20O6. The van der Waals surface area contributed by atoms with Gasteiger partial charge in [0.1, 0.15) is 0 Å². The largest absolute Gasteiger partial charge is 0.469 e. The number of esters is 3. The van der Waals surface area contributed by atoms with E-state index in [9.17, 15) is 14.4 Å². The topological polar surface area (TPSA) is 78.9 Å². The summed E-state index contributed by atoms with van der Waals surface area (Å²) in [6.45, 7) is 1.88. The van der Waals surface area contributed by atoms with Gasteiger partial charge in [0.05, 0.1) is 32.7 Å². The van der Waals surface area contributed by atoms with E-state index in [-0.39, 0.29) is 47.0 Å². The Bertz CT molecular complexity index is 599. The Labute approximate surface area is 133 Å². The van der Waals surface area contributed by atoms with E-state index in [0.717, 1.165) is 0 Å². The predicted molar refractivity (Wildman–Crippen MR) is 74.5 cm³/mol. The monoisotopic (exact) mass is 320 g/mol. The third kappa shape index (κ3) is 1.25. The van der Waals surface area contributed by atoms with Crippen LogP contribution in [0.1, 0.15) is 6.92 Å². The minimum absolute atomic E-state index is 0.0331. The van der Waals surface area contributed by atoms with Crippen LogP contribution in [-0.2, 0) is 28.6 Å². The molecule has 6 nitrogen and oxygen atoms in total. The van der Waals surface area contributed by atoms with Crippen molar-refractivity contribution < 1.29 is 28.6 Å². The minimum atomic E-state index is -0.383. The first-order chi connectivity index (χ1) is 11.0. The molecule has 0 aliphatic heterocycles. The minimum Gasteiger partial charge on any atom is -0.469 e. The van der Waals surface area contributed by atoms with E-state index in [1.54, 1.807) is 0 Å². The molecule has 6 aliphatic rings. The van der Waals surface area contributed by atoms with Gasteiger partial charge in [0, 0.05) is 12.3 Å². The van der Waals surface area contributed by atoms with Crippen LogP contribution in [-0.4, -0.2) is 38.7 Å². The highest BCUT2D eigenvalue weighted by molar-refractivity contribution is 5.85. The molecule has 6 fully saturated rings. The molecule has 2 unspecified atom stereocenters. The highest BCUT2D eigenvalue weighted by Gasteiger charge is 2.98. The van der Waals surface area contributed by atoms with Gasteiger partial charge in [0.15, 0.2) is 0 Å². The van der Waals surface area contributed by atoms with Crippen LogP contribution in [0.25, 0.3) is 0 Å². The molecule has 0 heterocycles. The zero-order chi connectivity index (χ0) is 16.3. The maximum Gasteiger partial charge on any atom is 0.309 e. The average molecular weight is 320 g/mol. The first-order valence-electron chi connectivity index (χ1n) is 8.29. The first kappa shape index (κ1) is 13.8. The van der Waals surface area contributed by atoms with Crippen LogP contribution in [0.5, 0.6) is 0 Å². The van der Waals surface area contributed by atoms with Gasteiger partial charge in [0.25, 0.3) is 0 Å².